The zero-order valence-corrected chi connectivity index (χ0v) is 15.4. The molecule has 0 aliphatic rings. The molecule has 0 saturated carbocycles. The lowest BCUT2D eigenvalue weighted by atomic mass is 10.1. The lowest BCUT2D eigenvalue weighted by Gasteiger charge is -2.09. The third-order valence-corrected chi connectivity index (χ3v) is 3.76. The molecule has 0 radical (unpaired) electrons. The van der Waals surface area contributed by atoms with Gasteiger partial charge in [0.15, 0.2) is 0 Å². The maximum Gasteiger partial charge on any atom is 0.225 e. The minimum atomic E-state index is -0.401. The fraction of sp³-hybridized carbons (Fsp3) is 0.158. The molecule has 8 heteroatoms. The topological polar surface area (TPSA) is 77.0 Å². The molecule has 6 nitrogen and oxygen atoms in total. The summed E-state index contributed by atoms with van der Waals surface area (Å²) < 4.78 is 18.8. The van der Waals surface area contributed by atoms with E-state index in [1.54, 1.807) is 18.5 Å². The molecule has 0 saturated heterocycles. The van der Waals surface area contributed by atoms with E-state index in [0.29, 0.717) is 35.7 Å². The number of methoxy groups -OCH3 is 1. The van der Waals surface area contributed by atoms with Crippen LogP contribution in [0.5, 0.6) is 5.75 Å². The first-order chi connectivity index (χ1) is 12.7. The molecule has 0 aliphatic carbocycles. The van der Waals surface area contributed by atoms with Crippen LogP contribution in [0.4, 0.5) is 10.2 Å². The number of ether oxygens (including phenoxy) is 1. The molecule has 2 aromatic heterocycles. The molecule has 3 aromatic rings. The van der Waals surface area contributed by atoms with Gasteiger partial charge in [-0.1, -0.05) is 0 Å². The summed E-state index contributed by atoms with van der Waals surface area (Å²) in [4.78, 5) is 24.3. The number of pyridine rings is 1. The Hall–Kier alpha value is -3.06. The van der Waals surface area contributed by atoms with Crippen molar-refractivity contribution in [3.05, 3.63) is 66.5 Å². The molecule has 1 amide bonds. The normalized spacial score (nSPS) is 10.0. The Morgan fingerprint density at radius 3 is 2.67 bits per heavy atom. The number of carbonyl (C=O) groups excluding carboxylic acids is 1. The van der Waals surface area contributed by atoms with Crippen molar-refractivity contribution in [3.8, 4) is 17.0 Å². The first kappa shape index (κ1) is 20.3. The Bertz CT molecular complexity index is 909. The van der Waals surface area contributed by atoms with E-state index in [4.69, 9.17) is 4.74 Å². The van der Waals surface area contributed by atoms with E-state index in [1.165, 1.54) is 31.6 Å². The van der Waals surface area contributed by atoms with Crippen LogP contribution in [0.2, 0.25) is 0 Å². The SMILES string of the molecule is COc1ccc(F)cc1-c1cc(NC(=O)CCc2ccncc2)ncn1.Cl. The summed E-state index contributed by atoms with van der Waals surface area (Å²) in [6.07, 6.45) is 5.61. The number of anilines is 1. The van der Waals surface area contributed by atoms with Crippen molar-refractivity contribution in [2.75, 3.05) is 12.4 Å². The number of carbonyl (C=O) groups is 1. The van der Waals surface area contributed by atoms with E-state index in [-0.39, 0.29) is 18.3 Å². The van der Waals surface area contributed by atoms with Crippen molar-refractivity contribution in [1.82, 2.24) is 15.0 Å². The van der Waals surface area contributed by atoms with Crippen LogP contribution >= 0.6 is 12.4 Å². The number of hydrogen-bond donors (Lipinski definition) is 1. The van der Waals surface area contributed by atoms with Crippen molar-refractivity contribution in [1.29, 1.82) is 0 Å². The van der Waals surface area contributed by atoms with Crippen LogP contribution in [0.3, 0.4) is 0 Å². The number of aryl methyl sites for hydroxylation is 1. The molecule has 140 valence electrons. The maximum atomic E-state index is 13.6. The number of hydrogen-bond acceptors (Lipinski definition) is 5. The fourth-order valence-corrected chi connectivity index (χ4v) is 2.47. The van der Waals surface area contributed by atoms with Crippen LogP contribution in [-0.4, -0.2) is 28.0 Å². The van der Waals surface area contributed by atoms with Gasteiger partial charge in [0.25, 0.3) is 0 Å². The van der Waals surface area contributed by atoms with Crippen LogP contribution in [-0.2, 0) is 11.2 Å². The first-order valence-electron chi connectivity index (χ1n) is 8.00. The highest BCUT2D eigenvalue weighted by molar-refractivity contribution is 5.90. The Morgan fingerprint density at radius 1 is 1.15 bits per heavy atom. The molecule has 0 bridgehead atoms. The number of nitrogens with one attached hydrogen (secondary N) is 1. The molecule has 1 aromatic carbocycles. The first-order valence-corrected chi connectivity index (χ1v) is 8.00. The van der Waals surface area contributed by atoms with Gasteiger partial charge in [0.1, 0.15) is 23.7 Å². The average molecular weight is 389 g/mol. The molecule has 0 atom stereocenters. The number of halogens is 2. The lowest BCUT2D eigenvalue weighted by Crippen LogP contribution is -2.13. The summed E-state index contributed by atoms with van der Waals surface area (Å²) in [7, 11) is 1.50. The third-order valence-electron chi connectivity index (χ3n) is 3.76. The summed E-state index contributed by atoms with van der Waals surface area (Å²) >= 11 is 0. The number of amides is 1. The van der Waals surface area contributed by atoms with Gasteiger partial charge in [-0.15, -0.1) is 12.4 Å². The van der Waals surface area contributed by atoms with Gasteiger partial charge >= 0.3 is 0 Å². The zero-order valence-electron chi connectivity index (χ0n) is 14.6. The maximum absolute atomic E-state index is 13.6. The van der Waals surface area contributed by atoms with Crippen molar-refractivity contribution >= 4 is 24.1 Å². The fourth-order valence-electron chi connectivity index (χ4n) is 2.47. The zero-order chi connectivity index (χ0) is 18.4. The van der Waals surface area contributed by atoms with E-state index in [9.17, 15) is 9.18 Å². The van der Waals surface area contributed by atoms with Crippen LogP contribution in [0, 0.1) is 5.82 Å². The largest absolute Gasteiger partial charge is 0.496 e. The Kier molecular flexibility index (Phi) is 7.19. The molecule has 0 spiro atoms. The third kappa shape index (κ3) is 5.46. The van der Waals surface area contributed by atoms with Crippen molar-refractivity contribution in [3.63, 3.8) is 0 Å². The Morgan fingerprint density at radius 2 is 1.93 bits per heavy atom. The Balaban J connectivity index is 0.00000261. The predicted molar refractivity (Wildman–Crippen MR) is 102 cm³/mol. The summed E-state index contributed by atoms with van der Waals surface area (Å²) in [5, 5.41) is 2.73. The second-order valence-electron chi connectivity index (χ2n) is 5.54. The van der Waals surface area contributed by atoms with Gasteiger partial charge < -0.3 is 10.1 Å². The average Bonchev–Trinajstić information content (AvgIpc) is 2.67. The van der Waals surface area contributed by atoms with Crippen LogP contribution in [0.25, 0.3) is 11.3 Å². The number of benzene rings is 1. The predicted octanol–water partition coefficient (Wildman–Crippen LogP) is 3.68. The van der Waals surface area contributed by atoms with Crippen LogP contribution < -0.4 is 10.1 Å². The summed E-state index contributed by atoms with van der Waals surface area (Å²) in [5.41, 5.74) is 1.98. The van der Waals surface area contributed by atoms with E-state index >= 15 is 0 Å². The van der Waals surface area contributed by atoms with Gasteiger partial charge in [-0.25, -0.2) is 14.4 Å². The summed E-state index contributed by atoms with van der Waals surface area (Å²) in [6.45, 7) is 0. The van der Waals surface area contributed by atoms with Gasteiger partial charge in [0.05, 0.1) is 12.8 Å². The highest BCUT2D eigenvalue weighted by atomic mass is 35.5. The van der Waals surface area contributed by atoms with E-state index in [2.05, 4.69) is 20.3 Å². The van der Waals surface area contributed by atoms with E-state index in [1.807, 2.05) is 12.1 Å². The summed E-state index contributed by atoms with van der Waals surface area (Å²) in [5.74, 6) is 0.265. The monoisotopic (exact) mass is 388 g/mol. The van der Waals surface area contributed by atoms with Gasteiger partial charge in [-0.05, 0) is 42.3 Å². The quantitative estimate of drug-likeness (QED) is 0.697. The molecule has 3 rings (SSSR count). The molecular weight excluding hydrogens is 371 g/mol. The minimum Gasteiger partial charge on any atom is -0.496 e. The Labute approximate surface area is 162 Å². The van der Waals surface area contributed by atoms with Gasteiger partial charge in [0, 0.05) is 30.4 Å². The molecular formula is C19H18ClFN4O2. The lowest BCUT2D eigenvalue weighted by molar-refractivity contribution is -0.116. The highest BCUT2D eigenvalue weighted by Crippen LogP contribution is 2.29. The minimum absolute atomic E-state index is 0. The molecule has 1 N–H and O–H groups in total. The van der Waals surface area contributed by atoms with Crippen LogP contribution in [0.1, 0.15) is 12.0 Å². The van der Waals surface area contributed by atoms with Crippen molar-refractivity contribution in [2.45, 2.75) is 12.8 Å². The highest BCUT2D eigenvalue weighted by Gasteiger charge is 2.11. The van der Waals surface area contributed by atoms with Crippen molar-refractivity contribution < 1.29 is 13.9 Å². The second-order valence-corrected chi connectivity index (χ2v) is 5.54. The number of rotatable bonds is 6. The molecule has 0 fully saturated rings. The van der Waals surface area contributed by atoms with E-state index in [0.717, 1.165) is 5.56 Å². The molecule has 0 unspecified atom stereocenters. The number of aromatic nitrogens is 3. The molecule has 2 heterocycles. The van der Waals surface area contributed by atoms with Gasteiger partial charge in [-0.3, -0.25) is 9.78 Å². The standard InChI is InChI=1S/C19H17FN4O2.ClH/c1-26-17-4-3-14(20)10-15(17)16-11-18(23-12-22-16)24-19(25)5-2-13-6-8-21-9-7-13;/h3-4,6-12H,2,5H2,1H3,(H,22,23,24,25);1H. The van der Waals surface area contributed by atoms with Crippen LogP contribution in [0.15, 0.2) is 55.1 Å². The van der Waals surface area contributed by atoms with Crippen molar-refractivity contribution in [2.24, 2.45) is 0 Å². The summed E-state index contributed by atoms with van der Waals surface area (Å²) in [6, 6.07) is 9.49. The molecule has 0 aliphatic heterocycles. The molecule has 27 heavy (non-hydrogen) atoms. The van der Waals surface area contributed by atoms with Gasteiger partial charge in [0.2, 0.25) is 5.91 Å². The van der Waals surface area contributed by atoms with Gasteiger partial charge in [-0.2, -0.15) is 0 Å². The second kappa shape index (κ2) is 9.59. The smallest absolute Gasteiger partial charge is 0.225 e. The number of nitrogens with zero attached hydrogens (tertiary/aromatic N) is 3. The van der Waals surface area contributed by atoms with E-state index < -0.39 is 5.82 Å².